The highest BCUT2D eigenvalue weighted by molar-refractivity contribution is 5.78. The molecule has 0 saturated heterocycles. The molecule has 1 amide bonds. The van der Waals surface area contributed by atoms with Gasteiger partial charge in [-0.15, -0.1) is 0 Å². The van der Waals surface area contributed by atoms with Crippen LogP contribution < -0.4 is 10.6 Å². The summed E-state index contributed by atoms with van der Waals surface area (Å²) >= 11 is 0. The van der Waals surface area contributed by atoms with E-state index < -0.39 is 0 Å². The lowest BCUT2D eigenvalue weighted by molar-refractivity contribution is -0.120. The number of carbonyl (C=O) groups is 1. The summed E-state index contributed by atoms with van der Waals surface area (Å²) in [6.45, 7) is 7.22. The summed E-state index contributed by atoms with van der Waals surface area (Å²) in [5.41, 5.74) is 1.08. The van der Waals surface area contributed by atoms with Gasteiger partial charge in [0.05, 0.1) is 6.54 Å². The summed E-state index contributed by atoms with van der Waals surface area (Å²) < 4.78 is 0. The largest absolute Gasteiger partial charge is 0.508 e. The van der Waals surface area contributed by atoms with Crippen molar-refractivity contribution in [3.8, 4) is 5.75 Å². The van der Waals surface area contributed by atoms with Crippen LogP contribution in [0.1, 0.15) is 38.8 Å². The van der Waals surface area contributed by atoms with Crippen LogP contribution in [0.5, 0.6) is 5.75 Å². The number of phenolic OH excluding ortho intramolecular Hbond substituents is 1. The molecule has 19 heavy (non-hydrogen) atoms. The maximum atomic E-state index is 11.6. The van der Waals surface area contributed by atoms with Crippen LogP contribution in [-0.2, 0) is 4.79 Å². The monoisotopic (exact) mass is 264 g/mol. The molecule has 0 aliphatic rings. The van der Waals surface area contributed by atoms with Gasteiger partial charge < -0.3 is 15.7 Å². The molecule has 1 atom stereocenters. The van der Waals surface area contributed by atoms with Gasteiger partial charge in [0.2, 0.25) is 5.91 Å². The lowest BCUT2D eigenvalue weighted by Crippen LogP contribution is -2.37. The Morgan fingerprint density at radius 3 is 2.42 bits per heavy atom. The zero-order valence-corrected chi connectivity index (χ0v) is 11.9. The van der Waals surface area contributed by atoms with Gasteiger partial charge in [-0.2, -0.15) is 0 Å². The maximum Gasteiger partial charge on any atom is 0.233 e. The molecule has 0 aliphatic carbocycles. The van der Waals surface area contributed by atoms with Gasteiger partial charge in [0.25, 0.3) is 0 Å². The van der Waals surface area contributed by atoms with E-state index in [0.29, 0.717) is 19.0 Å². The molecule has 1 aromatic rings. The molecular weight excluding hydrogens is 240 g/mol. The van der Waals surface area contributed by atoms with Crippen molar-refractivity contribution in [2.75, 3.05) is 13.1 Å². The molecular formula is C15H24N2O2. The summed E-state index contributed by atoms with van der Waals surface area (Å²) in [7, 11) is 0. The molecule has 3 N–H and O–H groups in total. The van der Waals surface area contributed by atoms with Crippen molar-refractivity contribution in [2.45, 2.75) is 33.2 Å². The Morgan fingerprint density at radius 1 is 1.26 bits per heavy atom. The molecule has 1 unspecified atom stereocenters. The van der Waals surface area contributed by atoms with E-state index in [1.54, 1.807) is 12.1 Å². The fourth-order valence-corrected chi connectivity index (χ4v) is 1.80. The van der Waals surface area contributed by atoms with Crippen LogP contribution in [0.15, 0.2) is 24.3 Å². The summed E-state index contributed by atoms with van der Waals surface area (Å²) in [6, 6.07) is 7.22. The number of aromatic hydroxyl groups is 1. The van der Waals surface area contributed by atoms with Crippen LogP contribution in [-0.4, -0.2) is 24.1 Å². The van der Waals surface area contributed by atoms with Crippen LogP contribution in [0.3, 0.4) is 0 Å². The third-order valence-corrected chi connectivity index (χ3v) is 2.92. The van der Waals surface area contributed by atoms with E-state index in [4.69, 9.17) is 0 Å². The highest BCUT2D eigenvalue weighted by Gasteiger charge is 2.10. The SMILES string of the molecule is CCC(NCC(=O)NCC(C)C)c1ccc(O)cc1. The average molecular weight is 264 g/mol. The van der Waals surface area contributed by atoms with Crippen LogP contribution in [0.4, 0.5) is 0 Å². The number of hydrogen-bond acceptors (Lipinski definition) is 3. The van der Waals surface area contributed by atoms with Crippen molar-refractivity contribution in [1.82, 2.24) is 10.6 Å². The topological polar surface area (TPSA) is 61.4 Å². The van der Waals surface area contributed by atoms with Crippen molar-refractivity contribution < 1.29 is 9.90 Å². The Balaban J connectivity index is 2.44. The van der Waals surface area contributed by atoms with E-state index >= 15 is 0 Å². The predicted molar refractivity (Wildman–Crippen MR) is 77.0 cm³/mol. The highest BCUT2D eigenvalue weighted by atomic mass is 16.3. The fraction of sp³-hybridized carbons (Fsp3) is 0.533. The summed E-state index contributed by atoms with van der Waals surface area (Å²) in [6.07, 6.45) is 0.891. The molecule has 0 heterocycles. The van der Waals surface area contributed by atoms with Gasteiger partial charge in [-0.3, -0.25) is 4.79 Å². The van der Waals surface area contributed by atoms with E-state index in [2.05, 4.69) is 31.4 Å². The summed E-state index contributed by atoms with van der Waals surface area (Å²) in [5, 5.41) is 15.4. The maximum absolute atomic E-state index is 11.6. The van der Waals surface area contributed by atoms with Crippen molar-refractivity contribution in [3.63, 3.8) is 0 Å². The van der Waals surface area contributed by atoms with E-state index in [0.717, 1.165) is 12.0 Å². The van der Waals surface area contributed by atoms with Gasteiger partial charge in [0.1, 0.15) is 5.75 Å². The Bertz CT molecular complexity index is 388. The average Bonchev–Trinajstić information content (AvgIpc) is 2.39. The van der Waals surface area contributed by atoms with Crippen molar-refractivity contribution in [2.24, 2.45) is 5.92 Å². The smallest absolute Gasteiger partial charge is 0.233 e. The number of amides is 1. The van der Waals surface area contributed by atoms with Crippen LogP contribution in [0.25, 0.3) is 0 Å². The molecule has 4 nitrogen and oxygen atoms in total. The van der Waals surface area contributed by atoms with Crippen molar-refractivity contribution in [1.29, 1.82) is 0 Å². The molecule has 0 aliphatic heterocycles. The van der Waals surface area contributed by atoms with E-state index in [9.17, 15) is 9.90 Å². The molecule has 0 saturated carbocycles. The number of hydrogen-bond donors (Lipinski definition) is 3. The minimum atomic E-state index is 0.0194. The second-order valence-corrected chi connectivity index (χ2v) is 5.13. The number of rotatable bonds is 7. The zero-order valence-electron chi connectivity index (χ0n) is 11.9. The Hall–Kier alpha value is -1.55. The lowest BCUT2D eigenvalue weighted by atomic mass is 10.0. The lowest BCUT2D eigenvalue weighted by Gasteiger charge is -2.17. The number of benzene rings is 1. The Morgan fingerprint density at radius 2 is 1.89 bits per heavy atom. The van der Waals surface area contributed by atoms with Gasteiger partial charge in [0.15, 0.2) is 0 Å². The Kier molecular flexibility index (Phi) is 6.36. The third kappa shape index (κ3) is 5.75. The first-order chi connectivity index (χ1) is 9.02. The number of nitrogens with one attached hydrogen (secondary N) is 2. The molecule has 0 aromatic heterocycles. The Labute approximate surface area is 115 Å². The van der Waals surface area contributed by atoms with Crippen LogP contribution >= 0.6 is 0 Å². The van der Waals surface area contributed by atoms with Gasteiger partial charge in [-0.05, 0) is 30.0 Å². The molecule has 1 aromatic carbocycles. The van der Waals surface area contributed by atoms with Crippen LogP contribution in [0.2, 0.25) is 0 Å². The minimum absolute atomic E-state index is 0.0194. The summed E-state index contributed by atoms with van der Waals surface area (Å²) in [4.78, 5) is 11.6. The number of carbonyl (C=O) groups excluding carboxylic acids is 1. The molecule has 0 bridgehead atoms. The quantitative estimate of drug-likeness (QED) is 0.707. The predicted octanol–water partition coefficient (Wildman–Crippen LogP) is 2.21. The molecule has 4 heteroatoms. The standard InChI is InChI=1S/C15H24N2O2/c1-4-14(12-5-7-13(18)8-6-12)16-10-15(19)17-9-11(2)3/h5-8,11,14,16,18H,4,9-10H2,1-3H3,(H,17,19). The highest BCUT2D eigenvalue weighted by Crippen LogP contribution is 2.19. The van der Waals surface area contributed by atoms with E-state index in [1.807, 2.05) is 12.1 Å². The molecule has 0 radical (unpaired) electrons. The fourth-order valence-electron chi connectivity index (χ4n) is 1.80. The van der Waals surface area contributed by atoms with Gasteiger partial charge in [-0.25, -0.2) is 0 Å². The molecule has 106 valence electrons. The van der Waals surface area contributed by atoms with E-state index in [1.165, 1.54) is 0 Å². The zero-order chi connectivity index (χ0) is 14.3. The summed E-state index contributed by atoms with van der Waals surface area (Å²) in [5.74, 6) is 0.738. The van der Waals surface area contributed by atoms with Crippen molar-refractivity contribution in [3.05, 3.63) is 29.8 Å². The normalized spacial score (nSPS) is 12.4. The van der Waals surface area contributed by atoms with Gasteiger partial charge in [-0.1, -0.05) is 32.9 Å². The second-order valence-electron chi connectivity index (χ2n) is 5.13. The first-order valence-corrected chi connectivity index (χ1v) is 6.82. The van der Waals surface area contributed by atoms with Gasteiger partial charge >= 0.3 is 0 Å². The molecule has 0 spiro atoms. The van der Waals surface area contributed by atoms with Gasteiger partial charge in [0, 0.05) is 12.6 Å². The van der Waals surface area contributed by atoms with Crippen molar-refractivity contribution >= 4 is 5.91 Å². The second kappa shape index (κ2) is 7.79. The molecule has 1 rings (SSSR count). The minimum Gasteiger partial charge on any atom is -0.508 e. The first kappa shape index (κ1) is 15.5. The molecule has 0 fully saturated rings. The third-order valence-electron chi connectivity index (χ3n) is 2.92. The first-order valence-electron chi connectivity index (χ1n) is 6.82. The number of phenols is 1. The van der Waals surface area contributed by atoms with E-state index in [-0.39, 0.29) is 17.7 Å². The van der Waals surface area contributed by atoms with Crippen LogP contribution in [0, 0.1) is 5.92 Å².